The zero-order valence-electron chi connectivity index (χ0n) is 14.1. The Kier molecular flexibility index (Phi) is 5.52. The van der Waals surface area contributed by atoms with Gasteiger partial charge in [0.05, 0.1) is 5.69 Å². The fraction of sp³-hybridized carbons (Fsp3) is 0.750. The molecule has 1 saturated carbocycles. The van der Waals surface area contributed by atoms with Gasteiger partial charge in [-0.25, -0.2) is 4.98 Å². The van der Waals surface area contributed by atoms with Gasteiger partial charge in [-0.15, -0.1) is 0 Å². The molecular weight excluding hydrogens is 355 g/mol. The molecule has 0 aromatic carbocycles. The van der Waals surface area contributed by atoms with E-state index in [1.54, 1.807) is 6.92 Å². The summed E-state index contributed by atoms with van der Waals surface area (Å²) < 4.78 is 41.4. The van der Waals surface area contributed by atoms with Crippen molar-refractivity contribution in [2.24, 2.45) is 5.92 Å². The third kappa shape index (κ3) is 5.31. The molecule has 0 radical (unpaired) electrons. The molecule has 2 heterocycles. The maximum Gasteiger partial charge on any atom is 0.422 e. The average molecular weight is 377 g/mol. The van der Waals surface area contributed by atoms with Crippen molar-refractivity contribution in [1.82, 2.24) is 15.2 Å². The van der Waals surface area contributed by atoms with Crippen molar-refractivity contribution < 1.29 is 22.7 Å². The molecule has 0 bridgehead atoms. The van der Waals surface area contributed by atoms with Crippen molar-refractivity contribution in [1.29, 1.82) is 0 Å². The molecule has 1 N–H and O–H groups in total. The molecule has 140 valence electrons. The number of thiazole rings is 1. The molecule has 1 aliphatic carbocycles. The molecule has 0 atom stereocenters. The number of nitrogens with zero attached hydrogens (tertiary/aromatic N) is 2. The molecule has 1 aromatic rings. The highest BCUT2D eigenvalue weighted by molar-refractivity contribution is 7.13. The van der Waals surface area contributed by atoms with Crippen LogP contribution in [0, 0.1) is 5.92 Å². The van der Waals surface area contributed by atoms with E-state index in [4.69, 9.17) is 4.74 Å². The lowest BCUT2D eigenvalue weighted by molar-refractivity contribution is -0.153. The molecule has 25 heavy (non-hydrogen) atoms. The van der Waals surface area contributed by atoms with Crippen LogP contribution in [0.3, 0.4) is 0 Å². The van der Waals surface area contributed by atoms with Gasteiger partial charge in [-0.1, -0.05) is 11.3 Å². The monoisotopic (exact) mass is 377 g/mol. The van der Waals surface area contributed by atoms with Gasteiger partial charge in [0, 0.05) is 30.9 Å². The van der Waals surface area contributed by atoms with E-state index in [2.05, 4.69) is 15.2 Å². The lowest BCUT2D eigenvalue weighted by Crippen LogP contribution is -2.44. The van der Waals surface area contributed by atoms with Crippen molar-refractivity contribution >= 4 is 17.2 Å². The fourth-order valence-electron chi connectivity index (χ4n) is 3.37. The van der Waals surface area contributed by atoms with Crippen LogP contribution in [0.25, 0.3) is 0 Å². The van der Waals surface area contributed by atoms with E-state index >= 15 is 0 Å². The Hall–Kier alpha value is -1.35. The number of hydrogen-bond acceptors (Lipinski definition) is 5. The van der Waals surface area contributed by atoms with Gasteiger partial charge in [0.15, 0.2) is 6.61 Å². The molecule has 1 fully saturated rings. The highest BCUT2D eigenvalue weighted by Gasteiger charge is 2.31. The van der Waals surface area contributed by atoms with Crippen LogP contribution in [0.4, 0.5) is 13.2 Å². The van der Waals surface area contributed by atoms with Gasteiger partial charge in [-0.3, -0.25) is 9.69 Å². The number of aromatic nitrogens is 1. The predicted octanol–water partition coefficient (Wildman–Crippen LogP) is 2.75. The minimum atomic E-state index is -4.34. The normalized spacial score (nSPS) is 23.7. The van der Waals surface area contributed by atoms with Crippen molar-refractivity contribution in [2.75, 3.05) is 19.7 Å². The number of carbonyl (C=O) groups excluding carboxylic acids is 1. The number of halogens is 3. The summed E-state index contributed by atoms with van der Waals surface area (Å²) in [7, 11) is 0. The Balaban J connectivity index is 1.41. The third-order valence-corrected chi connectivity index (χ3v) is 5.71. The Bertz CT molecular complexity index is 614. The molecule has 0 spiro atoms. The third-order valence-electron chi connectivity index (χ3n) is 4.64. The number of carbonyl (C=O) groups is 1. The first-order chi connectivity index (χ1) is 11.8. The Morgan fingerprint density at radius 3 is 2.88 bits per heavy atom. The van der Waals surface area contributed by atoms with Crippen molar-refractivity contribution in [3.63, 3.8) is 0 Å². The number of alkyl halides is 3. The SMILES string of the molecule is CC(=O)NC1CC(CCN2CCc3sc(OCC(F)(F)F)nc3C2)C1. The van der Waals surface area contributed by atoms with Gasteiger partial charge in [0.2, 0.25) is 5.91 Å². The number of rotatable bonds is 6. The van der Waals surface area contributed by atoms with Crippen LogP contribution in [-0.2, 0) is 17.8 Å². The molecule has 1 amide bonds. The van der Waals surface area contributed by atoms with E-state index in [1.165, 1.54) is 11.3 Å². The van der Waals surface area contributed by atoms with Crippen LogP contribution in [0.1, 0.15) is 36.8 Å². The Morgan fingerprint density at radius 2 is 2.20 bits per heavy atom. The largest absolute Gasteiger partial charge is 0.460 e. The number of fused-ring (bicyclic) bond motifs is 1. The van der Waals surface area contributed by atoms with Gasteiger partial charge in [0.25, 0.3) is 5.19 Å². The van der Waals surface area contributed by atoms with Gasteiger partial charge < -0.3 is 10.1 Å². The number of hydrogen-bond donors (Lipinski definition) is 1. The lowest BCUT2D eigenvalue weighted by atomic mass is 9.78. The van der Waals surface area contributed by atoms with Gasteiger partial charge >= 0.3 is 6.18 Å². The molecule has 1 aliphatic heterocycles. The second-order valence-corrected chi connectivity index (χ2v) is 7.85. The maximum absolute atomic E-state index is 12.2. The molecule has 0 unspecified atom stereocenters. The predicted molar refractivity (Wildman–Crippen MR) is 87.6 cm³/mol. The van der Waals surface area contributed by atoms with E-state index in [9.17, 15) is 18.0 Å². The molecule has 3 rings (SSSR count). The van der Waals surface area contributed by atoms with Gasteiger partial charge in [-0.05, 0) is 38.1 Å². The lowest BCUT2D eigenvalue weighted by Gasteiger charge is -2.37. The first-order valence-electron chi connectivity index (χ1n) is 8.46. The summed E-state index contributed by atoms with van der Waals surface area (Å²) in [6.07, 6.45) is -0.389. The van der Waals surface area contributed by atoms with Crippen LogP contribution in [0.15, 0.2) is 0 Å². The molecule has 2 aliphatic rings. The molecule has 5 nitrogen and oxygen atoms in total. The second kappa shape index (κ2) is 7.49. The van der Waals surface area contributed by atoms with Crippen LogP contribution in [0.2, 0.25) is 0 Å². The zero-order chi connectivity index (χ0) is 18.0. The highest BCUT2D eigenvalue weighted by atomic mass is 32.1. The van der Waals surface area contributed by atoms with Crippen LogP contribution >= 0.6 is 11.3 Å². The van der Waals surface area contributed by atoms with Crippen LogP contribution < -0.4 is 10.1 Å². The van der Waals surface area contributed by atoms with Crippen LogP contribution in [-0.4, -0.2) is 47.7 Å². The number of amides is 1. The number of nitrogens with one attached hydrogen (secondary N) is 1. The Morgan fingerprint density at radius 1 is 1.44 bits per heavy atom. The van der Waals surface area contributed by atoms with E-state index < -0.39 is 12.8 Å². The van der Waals surface area contributed by atoms with Crippen LogP contribution in [0.5, 0.6) is 5.19 Å². The van der Waals surface area contributed by atoms with Crippen molar-refractivity contribution in [3.8, 4) is 5.19 Å². The summed E-state index contributed by atoms with van der Waals surface area (Å²) in [4.78, 5) is 18.5. The first kappa shape index (κ1) is 18.4. The summed E-state index contributed by atoms with van der Waals surface area (Å²) in [5.41, 5.74) is 0.846. The second-order valence-electron chi connectivity index (χ2n) is 6.80. The first-order valence-corrected chi connectivity index (χ1v) is 9.28. The van der Waals surface area contributed by atoms with Crippen molar-refractivity contribution in [2.45, 2.75) is 51.4 Å². The minimum Gasteiger partial charge on any atom is -0.460 e. The summed E-state index contributed by atoms with van der Waals surface area (Å²) in [5, 5.41) is 3.04. The van der Waals surface area contributed by atoms with E-state index in [1.807, 2.05) is 0 Å². The molecule has 1 aromatic heterocycles. The molecule has 9 heteroatoms. The van der Waals surface area contributed by atoms with Gasteiger partial charge in [0.1, 0.15) is 0 Å². The van der Waals surface area contributed by atoms with E-state index in [-0.39, 0.29) is 11.1 Å². The summed E-state index contributed by atoms with van der Waals surface area (Å²) in [5.74, 6) is 0.665. The topological polar surface area (TPSA) is 54.5 Å². The Labute approximate surface area is 148 Å². The highest BCUT2D eigenvalue weighted by Crippen LogP contribution is 2.33. The maximum atomic E-state index is 12.2. The minimum absolute atomic E-state index is 0.0269. The van der Waals surface area contributed by atoms with Gasteiger partial charge in [-0.2, -0.15) is 13.2 Å². The fourth-order valence-corrected chi connectivity index (χ4v) is 4.27. The molecule has 0 saturated heterocycles. The summed E-state index contributed by atoms with van der Waals surface area (Å²) in [6, 6.07) is 0.322. The summed E-state index contributed by atoms with van der Waals surface area (Å²) in [6.45, 7) is 2.77. The van der Waals surface area contributed by atoms with Crippen molar-refractivity contribution in [3.05, 3.63) is 10.6 Å². The zero-order valence-corrected chi connectivity index (χ0v) is 14.9. The van der Waals surface area contributed by atoms with E-state index in [0.29, 0.717) is 18.5 Å². The standard InChI is InChI=1S/C16H22F3N3O2S/c1-10(23)20-12-6-11(7-12)2-4-22-5-3-14-13(8-22)21-15(25-14)24-9-16(17,18)19/h11-12H,2-9H2,1H3,(H,20,23). The van der Waals surface area contributed by atoms with E-state index in [0.717, 1.165) is 49.3 Å². The quantitative estimate of drug-likeness (QED) is 0.828. The molecular formula is C16H22F3N3O2S. The summed E-state index contributed by atoms with van der Waals surface area (Å²) >= 11 is 1.22. The number of ether oxygens (including phenoxy) is 1. The average Bonchev–Trinajstić information content (AvgIpc) is 2.88. The smallest absolute Gasteiger partial charge is 0.422 e.